The van der Waals surface area contributed by atoms with Gasteiger partial charge < -0.3 is 9.84 Å². The van der Waals surface area contributed by atoms with Gasteiger partial charge in [-0.2, -0.15) is 0 Å². The molecule has 0 spiro atoms. The Morgan fingerprint density at radius 2 is 1.73 bits per heavy atom. The first-order valence-corrected chi connectivity index (χ1v) is 13.3. The molecule has 2 aromatic carbocycles. The first-order valence-electron chi connectivity index (χ1n) is 13.3. The second-order valence-electron chi connectivity index (χ2n) is 10.4. The number of carboxylic acids is 1. The Hall–Kier alpha value is -3.55. The Labute approximate surface area is 215 Å². The summed E-state index contributed by atoms with van der Waals surface area (Å²) in [6, 6.07) is 14.0. The van der Waals surface area contributed by atoms with Gasteiger partial charge in [0.1, 0.15) is 11.3 Å². The number of benzene rings is 2. The molecule has 3 aromatic rings. The van der Waals surface area contributed by atoms with Gasteiger partial charge in [0.05, 0.1) is 24.5 Å². The molecular weight excluding hydrogens is 470 g/mol. The van der Waals surface area contributed by atoms with E-state index in [0.29, 0.717) is 35.9 Å². The number of hydrogen-bond donors (Lipinski definition) is 1. The molecule has 3 unspecified atom stereocenters. The van der Waals surface area contributed by atoms with Crippen LogP contribution >= 0.6 is 0 Å². The molecule has 3 atom stereocenters. The standard InChI is InChI=1S/C29H33N3O5/c33-27(20-10-13-22(14-11-20)37-17-16-19-6-2-1-3-7-19)24-15-12-21(26(24)29(35)36)18-32-28(34)23-8-4-5-9-25(23)30-31-32/h4-5,8-11,13-14,19,21,24,26H,1-3,6-7,12,15-18H2,(H,35,36). The molecule has 0 aliphatic heterocycles. The van der Waals surface area contributed by atoms with E-state index >= 15 is 0 Å². The molecule has 1 N–H and O–H groups in total. The van der Waals surface area contributed by atoms with E-state index in [-0.39, 0.29) is 23.8 Å². The highest BCUT2D eigenvalue weighted by atomic mass is 16.5. The molecule has 5 rings (SSSR count). The number of carboxylic acid groups (broad SMARTS) is 1. The Balaban J connectivity index is 1.23. The van der Waals surface area contributed by atoms with Crippen LogP contribution in [0.2, 0.25) is 0 Å². The number of carbonyl (C=O) groups excluding carboxylic acids is 1. The number of ketones is 1. The lowest BCUT2D eigenvalue weighted by atomic mass is 9.84. The zero-order valence-electron chi connectivity index (χ0n) is 20.9. The van der Waals surface area contributed by atoms with Crippen molar-refractivity contribution in [1.29, 1.82) is 0 Å². The topological polar surface area (TPSA) is 111 Å². The first-order chi connectivity index (χ1) is 18.0. The number of rotatable bonds is 9. The summed E-state index contributed by atoms with van der Waals surface area (Å²) in [6.07, 6.45) is 8.56. The van der Waals surface area contributed by atoms with Gasteiger partial charge in [-0.3, -0.25) is 14.4 Å². The maximum absolute atomic E-state index is 13.3. The smallest absolute Gasteiger partial charge is 0.307 e. The monoisotopic (exact) mass is 503 g/mol. The summed E-state index contributed by atoms with van der Waals surface area (Å²) >= 11 is 0. The predicted octanol–water partition coefficient (Wildman–Crippen LogP) is 4.75. The fraction of sp³-hybridized carbons (Fsp3) is 0.483. The maximum atomic E-state index is 13.3. The van der Waals surface area contributed by atoms with E-state index in [4.69, 9.17) is 4.74 Å². The summed E-state index contributed by atoms with van der Waals surface area (Å²) in [5.74, 6) is -1.66. The molecule has 0 amide bonds. The number of carbonyl (C=O) groups is 2. The van der Waals surface area contributed by atoms with Crippen molar-refractivity contribution in [3.63, 3.8) is 0 Å². The highest BCUT2D eigenvalue weighted by molar-refractivity contribution is 6.00. The van der Waals surface area contributed by atoms with Crippen molar-refractivity contribution >= 4 is 22.7 Å². The van der Waals surface area contributed by atoms with Crippen molar-refractivity contribution < 1.29 is 19.4 Å². The van der Waals surface area contributed by atoms with Crippen LogP contribution < -0.4 is 10.3 Å². The summed E-state index contributed by atoms with van der Waals surface area (Å²) in [6.45, 7) is 0.783. The lowest BCUT2D eigenvalue weighted by Gasteiger charge is -2.21. The van der Waals surface area contributed by atoms with Crippen LogP contribution in [0.4, 0.5) is 0 Å². The van der Waals surface area contributed by atoms with Gasteiger partial charge in [0, 0.05) is 11.5 Å². The number of aliphatic carboxylic acids is 1. The molecule has 0 saturated heterocycles. The summed E-state index contributed by atoms with van der Waals surface area (Å²) in [5, 5.41) is 18.6. The van der Waals surface area contributed by atoms with Crippen molar-refractivity contribution in [2.75, 3.05) is 6.61 Å². The largest absolute Gasteiger partial charge is 0.494 e. The molecule has 8 nitrogen and oxygen atoms in total. The second kappa shape index (κ2) is 11.2. The molecule has 0 bridgehead atoms. The van der Waals surface area contributed by atoms with Crippen LogP contribution in [0.5, 0.6) is 5.75 Å². The van der Waals surface area contributed by atoms with E-state index in [9.17, 15) is 19.5 Å². The Kier molecular flexibility index (Phi) is 7.63. The quantitative estimate of drug-likeness (QED) is 0.419. The normalized spacial score (nSPS) is 22.2. The van der Waals surface area contributed by atoms with Crippen LogP contribution in [0, 0.1) is 23.7 Å². The van der Waals surface area contributed by atoms with E-state index in [1.165, 1.54) is 36.8 Å². The Morgan fingerprint density at radius 1 is 0.973 bits per heavy atom. The molecule has 37 heavy (non-hydrogen) atoms. The maximum Gasteiger partial charge on any atom is 0.307 e. The molecule has 194 valence electrons. The fourth-order valence-electron chi connectivity index (χ4n) is 6.07. The fourth-order valence-corrected chi connectivity index (χ4v) is 6.07. The first kappa shape index (κ1) is 25.1. The van der Waals surface area contributed by atoms with Gasteiger partial charge in [-0.05, 0) is 67.5 Å². The van der Waals surface area contributed by atoms with Crippen LogP contribution in [0.3, 0.4) is 0 Å². The van der Waals surface area contributed by atoms with Gasteiger partial charge in [-0.25, -0.2) is 4.68 Å². The van der Waals surface area contributed by atoms with Crippen LogP contribution in [-0.2, 0) is 11.3 Å². The van der Waals surface area contributed by atoms with Gasteiger partial charge in [0.2, 0.25) is 0 Å². The van der Waals surface area contributed by atoms with E-state index in [2.05, 4.69) is 10.3 Å². The molecule has 2 aliphatic rings. The molecule has 2 fully saturated rings. The van der Waals surface area contributed by atoms with Gasteiger partial charge in [-0.1, -0.05) is 49.5 Å². The highest BCUT2D eigenvalue weighted by Gasteiger charge is 2.45. The molecule has 2 saturated carbocycles. The van der Waals surface area contributed by atoms with Crippen molar-refractivity contribution in [3.05, 3.63) is 64.4 Å². The number of nitrogens with zero attached hydrogens (tertiary/aromatic N) is 3. The SMILES string of the molecule is O=C(c1ccc(OCCC2CCCCC2)cc1)C1CCC(Cn2nnc3ccccc3c2=O)C1C(=O)O. The van der Waals surface area contributed by atoms with Crippen molar-refractivity contribution in [2.45, 2.75) is 57.9 Å². The summed E-state index contributed by atoms with van der Waals surface area (Å²) < 4.78 is 7.13. The summed E-state index contributed by atoms with van der Waals surface area (Å²) in [5.41, 5.74) is 0.683. The van der Waals surface area contributed by atoms with Crippen LogP contribution in [0.15, 0.2) is 53.3 Å². The molecule has 0 radical (unpaired) electrons. The lowest BCUT2D eigenvalue weighted by Crippen LogP contribution is -2.34. The summed E-state index contributed by atoms with van der Waals surface area (Å²) in [4.78, 5) is 38.4. The number of aromatic nitrogens is 3. The molecular formula is C29H33N3O5. The van der Waals surface area contributed by atoms with E-state index in [1.54, 1.807) is 48.5 Å². The predicted molar refractivity (Wildman–Crippen MR) is 139 cm³/mol. The number of hydrogen-bond acceptors (Lipinski definition) is 6. The minimum atomic E-state index is -1.02. The van der Waals surface area contributed by atoms with Crippen molar-refractivity contribution in [1.82, 2.24) is 15.0 Å². The van der Waals surface area contributed by atoms with Crippen molar-refractivity contribution in [3.8, 4) is 5.75 Å². The third-order valence-corrected chi connectivity index (χ3v) is 8.11. The zero-order valence-corrected chi connectivity index (χ0v) is 20.9. The van der Waals surface area contributed by atoms with Crippen LogP contribution in [-0.4, -0.2) is 38.5 Å². The Morgan fingerprint density at radius 3 is 2.49 bits per heavy atom. The highest BCUT2D eigenvalue weighted by Crippen LogP contribution is 2.40. The van der Waals surface area contributed by atoms with E-state index in [1.807, 2.05) is 0 Å². The average Bonchev–Trinajstić information content (AvgIpc) is 3.35. The minimum absolute atomic E-state index is 0.116. The van der Waals surface area contributed by atoms with Crippen LogP contribution in [0.25, 0.3) is 10.9 Å². The number of Topliss-reactive ketones (excluding diaryl/α,β-unsaturated/α-hetero) is 1. The van der Waals surface area contributed by atoms with Gasteiger partial charge in [-0.15, -0.1) is 5.10 Å². The molecule has 1 aromatic heterocycles. The van der Waals surface area contributed by atoms with E-state index < -0.39 is 17.8 Å². The van der Waals surface area contributed by atoms with Crippen LogP contribution in [0.1, 0.15) is 61.7 Å². The Bertz CT molecular complexity index is 1310. The minimum Gasteiger partial charge on any atom is -0.494 e. The van der Waals surface area contributed by atoms with Gasteiger partial charge in [0.25, 0.3) is 5.56 Å². The summed E-state index contributed by atoms with van der Waals surface area (Å²) in [7, 11) is 0. The average molecular weight is 504 g/mol. The number of fused-ring (bicyclic) bond motifs is 1. The molecule has 2 aliphatic carbocycles. The van der Waals surface area contributed by atoms with Crippen molar-refractivity contribution in [2.24, 2.45) is 23.7 Å². The van der Waals surface area contributed by atoms with Gasteiger partial charge in [0.15, 0.2) is 5.78 Å². The molecule has 1 heterocycles. The number of ether oxygens (including phenoxy) is 1. The van der Waals surface area contributed by atoms with Gasteiger partial charge >= 0.3 is 5.97 Å². The third kappa shape index (κ3) is 5.58. The second-order valence-corrected chi connectivity index (χ2v) is 10.4. The lowest BCUT2D eigenvalue weighted by molar-refractivity contribution is -0.144. The van der Waals surface area contributed by atoms with E-state index in [0.717, 1.165) is 18.1 Å². The third-order valence-electron chi connectivity index (χ3n) is 8.11. The zero-order chi connectivity index (χ0) is 25.8. The molecule has 8 heteroatoms.